The van der Waals surface area contributed by atoms with Gasteiger partial charge >= 0.3 is 13.2 Å². The average molecular weight is 399 g/mol. The van der Waals surface area contributed by atoms with Crippen molar-refractivity contribution in [3.05, 3.63) is 59.7 Å². The molecule has 2 rings (SSSR count). The number of rotatable bonds is 9. The Morgan fingerprint density at radius 1 is 1.00 bits per heavy atom. The van der Waals surface area contributed by atoms with Gasteiger partial charge in [0.15, 0.2) is 11.5 Å². The maximum absolute atomic E-state index is 12.6. The number of alkyl halides is 4. The standard InChI is InChI=1S/C19H17F4NO4/c1-26-15-8-4-6-12(17(15)28-19(22)23)9-10-16(25)24-11-13-5-2-3-7-14(13)27-18(20)21/h2-10,18-19H,11H2,1H3,(H,24,25). The van der Waals surface area contributed by atoms with Crippen molar-refractivity contribution in [3.8, 4) is 17.2 Å². The van der Waals surface area contributed by atoms with E-state index in [-0.39, 0.29) is 29.4 Å². The maximum atomic E-state index is 12.6. The Morgan fingerprint density at radius 3 is 2.36 bits per heavy atom. The summed E-state index contributed by atoms with van der Waals surface area (Å²) in [5.74, 6) is -0.750. The highest BCUT2D eigenvalue weighted by molar-refractivity contribution is 5.92. The summed E-state index contributed by atoms with van der Waals surface area (Å²) in [6.07, 6.45) is 2.38. The number of nitrogens with one attached hydrogen (secondary N) is 1. The number of hydrogen-bond acceptors (Lipinski definition) is 4. The molecule has 0 saturated heterocycles. The molecule has 0 bridgehead atoms. The summed E-state index contributed by atoms with van der Waals surface area (Å²) >= 11 is 0. The lowest BCUT2D eigenvalue weighted by atomic mass is 10.1. The predicted molar refractivity (Wildman–Crippen MR) is 93.6 cm³/mol. The molecule has 0 atom stereocenters. The van der Waals surface area contributed by atoms with Crippen molar-refractivity contribution < 1.29 is 36.6 Å². The first-order valence-corrected chi connectivity index (χ1v) is 8.01. The topological polar surface area (TPSA) is 56.8 Å². The normalized spacial score (nSPS) is 11.1. The van der Waals surface area contributed by atoms with E-state index in [1.807, 2.05) is 0 Å². The van der Waals surface area contributed by atoms with Crippen molar-refractivity contribution in [2.45, 2.75) is 19.8 Å². The lowest BCUT2D eigenvalue weighted by molar-refractivity contribution is -0.116. The van der Waals surface area contributed by atoms with Crippen LogP contribution in [0.4, 0.5) is 17.6 Å². The first kappa shape index (κ1) is 21.1. The van der Waals surface area contributed by atoms with Gasteiger partial charge in [-0.1, -0.05) is 30.3 Å². The fraction of sp³-hybridized carbons (Fsp3) is 0.211. The smallest absolute Gasteiger partial charge is 0.387 e. The molecular formula is C19H17F4NO4. The number of carbonyl (C=O) groups is 1. The van der Waals surface area contributed by atoms with Gasteiger partial charge in [0.05, 0.1) is 7.11 Å². The fourth-order valence-electron chi connectivity index (χ4n) is 2.31. The van der Waals surface area contributed by atoms with E-state index >= 15 is 0 Å². The fourth-order valence-corrected chi connectivity index (χ4v) is 2.31. The van der Waals surface area contributed by atoms with Crippen LogP contribution in [0.1, 0.15) is 11.1 Å². The summed E-state index contributed by atoms with van der Waals surface area (Å²) in [5.41, 5.74) is 0.559. The molecule has 0 aliphatic rings. The zero-order valence-electron chi connectivity index (χ0n) is 14.7. The molecule has 0 aromatic heterocycles. The first-order chi connectivity index (χ1) is 13.4. The summed E-state index contributed by atoms with van der Waals surface area (Å²) in [6.45, 7) is -6.12. The minimum atomic E-state index is -3.07. The zero-order chi connectivity index (χ0) is 20.5. The van der Waals surface area contributed by atoms with Gasteiger partial charge in [0.2, 0.25) is 5.91 Å². The van der Waals surface area contributed by atoms with Gasteiger partial charge in [-0.05, 0) is 18.2 Å². The third kappa shape index (κ3) is 6.19. The minimum absolute atomic E-state index is 0.0535. The minimum Gasteiger partial charge on any atom is -0.493 e. The molecular weight excluding hydrogens is 382 g/mol. The van der Waals surface area contributed by atoms with Gasteiger partial charge < -0.3 is 19.5 Å². The molecule has 5 nitrogen and oxygen atoms in total. The molecule has 0 unspecified atom stereocenters. The number of amides is 1. The van der Waals surface area contributed by atoms with Crippen LogP contribution < -0.4 is 19.5 Å². The SMILES string of the molecule is COc1cccc(C=CC(=O)NCc2ccccc2OC(F)F)c1OC(F)F. The molecule has 2 aromatic carbocycles. The summed E-state index contributed by atoms with van der Waals surface area (Å²) in [5, 5.41) is 2.50. The van der Waals surface area contributed by atoms with Crippen LogP contribution in [-0.4, -0.2) is 26.2 Å². The maximum Gasteiger partial charge on any atom is 0.387 e. The Morgan fingerprint density at radius 2 is 1.68 bits per heavy atom. The van der Waals surface area contributed by atoms with Crippen molar-refractivity contribution in [2.24, 2.45) is 0 Å². The van der Waals surface area contributed by atoms with Crippen LogP contribution in [0.15, 0.2) is 48.5 Å². The highest BCUT2D eigenvalue weighted by atomic mass is 19.3. The third-order valence-electron chi connectivity index (χ3n) is 3.49. The number of halogens is 4. The van der Waals surface area contributed by atoms with Crippen molar-refractivity contribution in [1.29, 1.82) is 0 Å². The number of para-hydroxylation sites is 2. The third-order valence-corrected chi connectivity index (χ3v) is 3.49. The van der Waals surface area contributed by atoms with Gasteiger partial charge in [-0.2, -0.15) is 17.6 Å². The molecule has 150 valence electrons. The molecule has 0 fully saturated rings. The average Bonchev–Trinajstić information content (AvgIpc) is 2.65. The lowest BCUT2D eigenvalue weighted by Gasteiger charge is -2.12. The molecule has 28 heavy (non-hydrogen) atoms. The van der Waals surface area contributed by atoms with Gasteiger partial charge in [0.1, 0.15) is 5.75 Å². The second-order valence-corrected chi connectivity index (χ2v) is 5.29. The Hall–Kier alpha value is -3.23. The van der Waals surface area contributed by atoms with Crippen LogP contribution in [0.25, 0.3) is 6.08 Å². The van der Waals surface area contributed by atoms with Gasteiger partial charge in [-0.15, -0.1) is 0 Å². The van der Waals surface area contributed by atoms with Crippen LogP contribution in [0, 0.1) is 0 Å². The Labute approximate surface area is 158 Å². The van der Waals surface area contributed by atoms with Crippen LogP contribution in [0.5, 0.6) is 17.2 Å². The molecule has 0 radical (unpaired) electrons. The van der Waals surface area contributed by atoms with Gasteiger partial charge in [-0.25, -0.2) is 0 Å². The van der Waals surface area contributed by atoms with Gasteiger partial charge in [0.25, 0.3) is 0 Å². The number of hydrogen-bond donors (Lipinski definition) is 1. The van der Waals surface area contributed by atoms with E-state index in [9.17, 15) is 22.4 Å². The van der Waals surface area contributed by atoms with E-state index < -0.39 is 19.1 Å². The molecule has 0 spiro atoms. The van der Waals surface area contributed by atoms with Crippen LogP contribution >= 0.6 is 0 Å². The molecule has 0 aliphatic heterocycles. The van der Waals surface area contributed by atoms with Crippen molar-refractivity contribution in [3.63, 3.8) is 0 Å². The summed E-state index contributed by atoms with van der Waals surface area (Å²) < 4.78 is 63.8. The van der Waals surface area contributed by atoms with Gasteiger partial charge in [-0.3, -0.25) is 4.79 Å². The molecule has 2 aromatic rings. The molecule has 1 amide bonds. The number of ether oxygens (including phenoxy) is 3. The van der Waals surface area contributed by atoms with Crippen LogP contribution in [0.3, 0.4) is 0 Å². The first-order valence-electron chi connectivity index (χ1n) is 8.01. The van der Waals surface area contributed by atoms with Crippen molar-refractivity contribution in [2.75, 3.05) is 7.11 Å². The summed E-state index contributed by atoms with van der Waals surface area (Å²) in [6, 6.07) is 10.5. The Balaban J connectivity index is 2.07. The molecule has 1 N–H and O–H groups in total. The predicted octanol–water partition coefficient (Wildman–Crippen LogP) is 4.23. The Kier molecular flexibility index (Phi) is 7.67. The van der Waals surface area contributed by atoms with Crippen LogP contribution in [0.2, 0.25) is 0 Å². The highest BCUT2D eigenvalue weighted by Crippen LogP contribution is 2.33. The number of carbonyl (C=O) groups excluding carboxylic acids is 1. The van der Waals surface area contributed by atoms with E-state index in [1.165, 1.54) is 43.5 Å². The highest BCUT2D eigenvalue weighted by Gasteiger charge is 2.14. The number of methoxy groups -OCH3 is 1. The van der Waals surface area contributed by atoms with E-state index in [0.29, 0.717) is 5.56 Å². The van der Waals surface area contributed by atoms with Gasteiger partial charge in [0, 0.05) is 23.7 Å². The number of benzene rings is 2. The quantitative estimate of drug-likeness (QED) is 0.507. The van der Waals surface area contributed by atoms with Crippen molar-refractivity contribution in [1.82, 2.24) is 5.32 Å². The Bertz CT molecular complexity index is 827. The second kappa shape index (κ2) is 10.2. The van der Waals surface area contributed by atoms with E-state index in [0.717, 1.165) is 6.08 Å². The lowest BCUT2D eigenvalue weighted by Crippen LogP contribution is -2.21. The molecule has 9 heteroatoms. The van der Waals surface area contributed by atoms with E-state index in [4.69, 9.17) is 4.74 Å². The van der Waals surface area contributed by atoms with Crippen LogP contribution in [-0.2, 0) is 11.3 Å². The zero-order valence-corrected chi connectivity index (χ0v) is 14.7. The van der Waals surface area contributed by atoms with E-state index in [1.54, 1.807) is 12.1 Å². The molecule has 0 heterocycles. The largest absolute Gasteiger partial charge is 0.493 e. The second-order valence-electron chi connectivity index (χ2n) is 5.29. The molecule has 0 saturated carbocycles. The summed E-state index contributed by atoms with van der Waals surface area (Å²) in [7, 11) is 1.30. The monoisotopic (exact) mass is 399 g/mol. The molecule has 0 aliphatic carbocycles. The summed E-state index contributed by atoms with van der Waals surface area (Å²) in [4.78, 5) is 12.0. The van der Waals surface area contributed by atoms with E-state index in [2.05, 4.69) is 14.8 Å². The van der Waals surface area contributed by atoms with Crippen molar-refractivity contribution >= 4 is 12.0 Å².